The maximum absolute atomic E-state index is 12.4. The fourth-order valence-corrected chi connectivity index (χ4v) is 2.81. The van der Waals surface area contributed by atoms with E-state index in [4.69, 9.17) is 4.74 Å². The first kappa shape index (κ1) is 21.1. The minimum Gasteiger partial charge on any atom is -0.444 e. The van der Waals surface area contributed by atoms with Gasteiger partial charge in [0.15, 0.2) is 0 Å². The highest BCUT2D eigenvalue weighted by atomic mass is 19.4. The molecule has 0 fully saturated rings. The van der Waals surface area contributed by atoms with Crippen molar-refractivity contribution in [3.05, 3.63) is 35.5 Å². The zero-order chi connectivity index (χ0) is 20.2. The van der Waals surface area contributed by atoms with Gasteiger partial charge in [-0.1, -0.05) is 6.07 Å². The molecule has 1 amide bonds. The van der Waals surface area contributed by atoms with E-state index in [9.17, 15) is 23.1 Å². The van der Waals surface area contributed by atoms with Gasteiger partial charge in [-0.15, -0.1) is 0 Å². The number of carbonyl (C=O) groups is 1. The molecule has 0 saturated carbocycles. The van der Waals surface area contributed by atoms with Crippen LogP contribution >= 0.6 is 0 Å². The van der Waals surface area contributed by atoms with Crippen molar-refractivity contribution >= 4 is 17.0 Å². The van der Waals surface area contributed by atoms with Crippen LogP contribution in [0.25, 0.3) is 10.9 Å². The number of halogens is 3. The summed E-state index contributed by atoms with van der Waals surface area (Å²) in [5, 5.41) is 13.0. The Bertz CT molecular complexity index is 792. The lowest BCUT2D eigenvalue weighted by atomic mass is 10.1. The van der Waals surface area contributed by atoms with Crippen molar-refractivity contribution < 1.29 is 27.8 Å². The average molecular weight is 386 g/mol. The van der Waals surface area contributed by atoms with Crippen molar-refractivity contribution in [2.24, 2.45) is 0 Å². The molecule has 0 spiro atoms. The first-order chi connectivity index (χ1) is 12.5. The molecule has 0 unspecified atom stereocenters. The van der Waals surface area contributed by atoms with Gasteiger partial charge in [-0.05, 0) is 51.0 Å². The van der Waals surface area contributed by atoms with E-state index in [2.05, 4.69) is 5.32 Å². The molecule has 150 valence electrons. The van der Waals surface area contributed by atoms with E-state index in [0.29, 0.717) is 5.69 Å². The van der Waals surface area contributed by atoms with Crippen LogP contribution in [0.5, 0.6) is 0 Å². The van der Waals surface area contributed by atoms with E-state index in [1.807, 2.05) is 6.07 Å². The fraction of sp³-hybridized carbons (Fsp3) is 0.526. The quantitative estimate of drug-likeness (QED) is 0.768. The van der Waals surface area contributed by atoms with E-state index in [1.54, 1.807) is 43.5 Å². The lowest BCUT2D eigenvalue weighted by molar-refractivity contribution is -0.135. The Kier molecular flexibility index (Phi) is 6.41. The van der Waals surface area contributed by atoms with Crippen molar-refractivity contribution in [1.29, 1.82) is 0 Å². The van der Waals surface area contributed by atoms with E-state index < -0.39 is 24.3 Å². The van der Waals surface area contributed by atoms with Crippen molar-refractivity contribution in [3.8, 4) is 0 Å². The van der Waals surface area contributed by atoms with E-state index >= 15 is 0 Å². The third-order valence-electron chi connectivity index (χ3n) is 3.89. The predicted octanol–water partition coefficient (Wildman–Crippen LogP) is 4.50. The molecule has 0 aliphatic heterocycles. The maximum atomic E-state index is 12.4. The minimum absolute atomic E-state index is 0.0533. The molecule has 0 aliphatic carbocycles. The topological polar surface area (TPSA) is 63.5 Å². The number of rotatable bonds is 6. The normalized spacial score (nSPS) is 12.4. The van der Waals surface area contributed by atoms with Gasteiger partial charge in [0.1, 0.15) is 5.60 Å². The highest BCUT2D eigenvalue weighted by molar-refractivity contribution is 5.82. The number of aromatic nitrogens is 1. The number of aryl methyl sites for hydroxylation is 1. The molecule has 1 aromatic heterocycles. The van der Waals surface area contributed by atoms with Crippen molar-refractivity contribution in [3.63, 3.8) is 0 Å². The molecule has 2 N–H and O–H groups in total. The van der Waals surface area contributed by atoms with Crippen LogP contribution < -0.4 is 5.32 Å². The Morgan fingerprint density at radius 1 is 1.22 bits per heavy atom. The van der Waals surface area contributed by atoms with Crippen LogP contribution in [0.3, 0.4) is 0 Å². The number of benzene rings is 1. The second kappa shape index (κ2) is 8.21. The molecule has 2 aromatic rings. The number of aliphatic hydroxyl groups excluding tert-OH is 1. The summed E-state index contributed by atoms with van der Waals surface area (Å²) in [6.45, 7) is 5.50. The smallest absolute Gasteiger partial charge is 0.407 e. The van der Waals surface area contributed by atoms with E-state index in [1.165, 1.54) is 0 Å². The summed E-state index contributed by atoms with van der Waals surface area (Å²) in [6.07, 6.45) is -5.64. The summed E-state index contributed by atoms with van der Waals surface area (Å²) in [6, 6.07) is 7.17. The molecule has 0 bridgehead atoms. The van der Waals surface area contributed by atoms with Crippen LogP contribution in [0.2, 0.25) is 0 Å². The molecule has 0 radical (unpaired) electrons. The van der Waals surface area contributed by atoms with Gasteiger partial charge in [0.25, 0.3) is 0 Å². The molecule has 8 heteroatoms. The van der Waals surface area contributed by atoms with Gasteiger partial charge in [0, 0.05) is 36.1 Å². The van der Waals surface area contributed by atoms with Crippen LogP contribution in [-0.4, -0.2) is 27.5 Å². The largest absolute Gasteiger partial charge is 0.444 e. The predicted molar refractivity (Wildman–Crippen MR) is 96.2 cm³/mol. The standard InChI is InChI=1S/C19H25F3N2O3/c1-18(2,3)27-17(26)23-11-13-5-6-16-14(9-13)10-15(12-25)24(16)8-4-7-19(20,21)22/h5-6,9-10,25H,4,7-8,11-12H2,1-3H3,(H,23,26). The highest BCUT2D eigenvalue weighted by Crippen LogP contribution is 2.25. The van der Waals surface area contributed by atoms with E-state index in [-0.39, 0.29) is 26.1 Å². The summed E-state index contributed by atoms with van der Waals surface area (Å²) >= 11 is 0. The SMILES string of the molecule is CC(C)(C)OC(=O)NCc1ccc2c(c1)cc(CO)n2CCCC(F)(F)F. The molecule has 5 nitrogen and oxygen atoms in total. The number of carbonyl (C=O) groups excluding carboxylic acids is 1. The summed E-state index contributed by atoms with van der Waals surface area (Å²) < 4.78 is 44.0. The van der Waals surface area contributed by atoms with E-state index in [0.717, 1.165) is 16.5 Å². The molecule has 0 saturated heterocycles. The summed E-state index contributed by atoms with van der Waals surface area (Å²) in [4.78, 5) is 11.7. The summed E-state index contributed by atoms with van der Waals surface area (Å²) in [5.74, 6) is 0. The number of ether oxygens (including phenoxy) is 1. The Labute approximate surface area is 156 Å². The number of fused-ring (bicyclic) bond motifs is 1. The third kappa shape index (κ3) is 6.46. The number of alkyl halides is 3. The fourth-order valence-electron chi connectivity index (χ4n) is 2.81. The summed E-state index contributed by atoms with van der Waals surface area (Å²) in [5.41, 5.74) is 1.55. The number of hydrogen-bond acceptors (Lipinski definition) is 3. The van der Waals surface area contributed by atoms with Crippen molar-refractivity contribution in [1.82, 2.24) is 9.88 Å². The Balaban J connectivity index is 2.10. The second-order valence-corrected chi connectivity index (χ2v) is 7.41. The highest BCUT2D eigenvalue weighted by Gasteiger charge is 2.26. The number of aliphatic hydroxyl groups is 1. The van der Waals surface area contributed by atoms with Gasteiger partial charge in [-0.3, -0.25) is 0 Å². The first-order valence-electron chi connectivity index (χ1n) is 8.74. The van der Waals surface area contributed by atoms with Gasteiger partial charge >= 0.3 is 12.3 Å². The molecule has 2 rings (SSSR count). The van der Waals surface area contributed by atoms with Crippen molar-refractivity contribution in [2.45, 2.75) is 65.1 Å². The minimum atomic E-state index is -4.19. The summed E-state index contributed by atoms with van der Waals surface area (Å²) in [7, 11) is 0. The molecular formula is C19H25F3N2O3. The van der Waals surface area contributed by atoms with Gasteiger partial charge in [0.05, 0.1) is 6.61 Å². The van der Waals surface area contributed by atoms with Crippen LogP contribution in [-0.2, 0) is 24.4 Å². The number of nitrogens with zero attached hydrogens (tertiary/aromatic N) is 1. The molecule has 0 atom stereocenters. The Morgan fingerprint density at radius 2 is 1.93 bits per heavy atom. The van der Waals surface area contributed by atoms with Crippen LogP contribution in [0, 0.1) is 0 Å². The third-order valence-corrected chi connectivity index (χ3v) is 3.89. The average Bonchev–Trinajstić information content (AvgIpc) is 2.87. The number of amides is 1. The lowest BCUT2D eigenvalue weighted by Gasteiger charge is -2.19. The first-order valence-corrected chi connectivity index (χ1v) is 8.74. The lowest BCUT2D eigenvalue weighted by Crippen LogP contribution is -2.32. The van der Waals surface area contributed by atoms with Gasteiger partial charge in [0.2, 0.25) is 0 Å². The van der Waals surface area contributed by atoms with Gasteiger partial charge in [-0.2, -0.15) is 13.2 Å². The van der Waals surface area contributed by atoms with Gasteiger partial charge < -0.3 is 19.7 Å². The Morgan fingerprint density at radius 3 is 2.52 bits per heavy atom. The zero-order valence-electron chi connectivity index (χ0n) is 15.7. The Hall–Kier alpha value is -2.22. The molecule has 1 heterocycles. The molecule has 1 aromatic carbocycles. The molecule has 0 aliphatic rings. The van der Waals surface area contributed by atoms with Crippen molar-refractivity contribution in [2.75, 3.05) is 0 Å². The zero-order valence-corrected chi connectivity index (χ0v) is 15.7. The monoisotopic (exact) mass is 386 g/mol. The molecule has 27 heavy (non-hydrogen) atoms. The molecular weight excluding hydrogens is 361 g/mol. The second-order valence-electron chi connectivity index (χ2n) is 7.41. The maximum Gasteiger partial charge on any atom is 0.407 e. The number of nitrogens with one attached hydrogen (secondary N) is 1. The van der Waals surface area contributed by atoms with Crippen LogP contribution in [0.4, 0.5) is 18.0 Å². The van der Waals surface area contributed by atoms with Gasteiger partial charge in [-0.25, -0.2) is 4.79 Å². The number of hydrogen-bond donors (Lipinski definition) is 2. The van der Waals surface area contributed by atoms with Crippen LogP contribution in [0.15, 0.2) is 24.3 Å². The number of alkyl carbamates (subject to hydrolysis) is 1. The van der Waals surface area contributed by atoms with Crippen LogP contribution in [0.1, 0.15) is 44.9 Å².